The normalized spacial score (nSPS) is 13.2. The highest BCUT2D eigenvalue weighted by molar-refractivity contribution is 7.72. The van der Waals surface area contributed by atoms with Crippen molar-refractivity contribution in [2.45, 2.75) is 17.9 Å². The molecule has 0 fully saturated rings. The Morgan fingerprint density at radius 1 is 1.06 bits per heavy atom. The Hall–Kier alpha value is 0.370. The molecule has 0 rings (SSSR count). The number of nitrogens with two attached hydrogens (primary N) is 1. The largest absolute Gasteiger partial charge is 0.369 e. The summed E-state index contributed by atoms with van der Waals surface area (Å²) in [7, 11) is -13.7. The van der Waals surface area contributed by atoms with Gasteiger partial charge in [0.05, 0.1) is 0 Å². The molecule has 0 heterocycles. The molecular formula is C4H16NO10P3. The molecule has 0 amide bonds. The van der Waals surface area contributed by atoms with Crippen molar-refractivity contribution >= 4 is 23.4 Å². The van der Waals surface area contributed by atoms with Gasteiger partial charge in [0.15, 0.2) is 0 Å². The zero-order valence-electron chi connectivity index (χ0n) is 8.95. The lowest BCUT2D eigenvalue weighted by atomic mass is 10.3. The minimum Gasteiger partial charge on any atom is -0.368 e. The second-order valence-corrected chi connectivity index (χ2v) is 7.61. The molecule has 0 bridgehead atoms. The Balaban J connectivity index is 0. The number of hydrogen-bond acceptors (Lipinski definition) is 5. The average molecular weight is 331 g/mol. The van der Waals surface area contributed by atoms with Gasteiger partial charge in [-0.15, -0.1) is 0 Å². The van der Waals surface area contributed by atoms with Gasteiger partial charge in [0.25, 0.3) is 5.08 Å². The standard InChI is InChI=1S/C4H13NO7P2.H3O3P/c5-3-1-2-4(6,13(7,8)9)14(10,11)12;1-4(2)3/h6H,1-3,5H2,(H2,7,8,9)(H2,10,11,12);4H,(H2,1,2,3). The van der Waals surface area contributed by atoms with Gasteiger partial charge in [-0.1, -0.05) is 0 Å². The third-order valence-electron chi connectivity index (χ3n) is 1.65. The maximum absolute atomic E-state index is 10.7. The van der Waals surface area contributed by atoms with E-state index in [2.05, 4.69) is 0 Å². The van der Waals surface area contributed by atoms with Crippen LogP contribution in [0.15, 0.2) is 0 Å². The van der Waals surface area contributed by atoms with Crippen LogP contribution in [0.25, 0.3) is 0 Å². The Labute approximate surface area is 103 Å². The van der Waals surface area contributed by atoms with Crippen molar-refractivity contribution in [1.29, 1.82) is 0 Å². The third-order valence-corrected chi connectivity index (χ3v) is 5.53. The van der Waals surface area contributed by atoms with E-state index in [1.165, 1.54) is 0 Å². The number of hydrogen-bond donors (Lipinski definition) is 8. The molecule has 9 N–H and O–H groups in total. The van der Waals surface area contributed by atoms with Crippen molar-refractivity contribution in [1.82, 2.24) is 0 Å². The fraction of sp³-hybridized carbons (Fsp3) is 1.00. The monoisotopic (exact) mass is 331 g/mol. The van der Waals surface area contributed by atoms with Crippen LogP contribution in [0.4, 0.5) is 0 Å². The first-order chi connectivity index (χ1) is 7.79. The van der Waals surface area contributed by atoms with Gasteiger partial charge < -0.3 is 40.2 Å². The molecule has 0 aromatic heterocycles. The molecule has 14 heteroatoms. The molecule has 18 heavy (non-hydrogen) atoms. The summed E-state index contributed by atoms with van der Waals surface area (Å²) in [5, 5.41) is 5.91. The van der Waals surface area contributed by atoms with Crippen molar-refractivity contribution in [3.63, 3.8) is 0 Å². The quantitative estimate of drug-likeness (QED) is 0.260. The van der Waals surface area contributed by atoms with Crippen LogP contribution in [0.2, 0.25) is 0 Å². The molecular weight excluding hydrogens is 315 g/mol. The van der Waals surface area contributed by atoms with Gasteiger partial charge in [0, 0.05) is 6.42 Å². The first-order valence-corrected chi connectivity index (χ1v) is 8.78. The van der Waals surface area contributed by atoms with Crippen LogP contribution in [-0.4, -0.2) is 46.1 Å². The maximum Gasteiger partial charge on any atom is 0.369 e. The molecule has 0 aromatic rings. The van der Waals surface area contributed by atoms with Crippen molar-refractivity contribution < 1.29 is 48.2 Å². The molecule has 0 unspecified atom stereocenters. The van der Waals surface area contributed by atoms with Gasteiger partial charge in [-0.3, -0.25) is 13.7 Å². The van der Waals surface area contributed by atoms with E-state index >= 15 is 0 Å². The van der Waals surface area contributed by atoms with Crippen LogP contribution in [0, 0.1) is 0 Å². The predicted molar refractivity (Wildman–Crippen MR) is 60.8 cm³/mol. The second-order valence-electron chi connectivity index (χ2n) is 3.04. The summed E-state index contributed by atoms with van der Waals surface area (Å²) in [4.78, 5) is 48.8. The van der Waals surface area contributed by atoms with Gasteiger partial charge >= 0.3 is 23.4 Å². The zero-order chi connectivity index (χ0) is 15.2. The lowest BCUT2D eigenvalue weighted by Crippen LogP contribution is -2.29. The highest BCUT2D eigenvalue weighted by Crippen LogP contribution is 2.69. The van der Waals surface area contributed by atoms with Gasteiger partial charge in [0.1, 0.15) is 0 Å². The second kappa shape index (κ2) is 7.84. The van der Waals surface area contributed by atoms with Gasteiger partial charge in [-0.2, -0.15) is 0 Å². The van der Waals surface area contributed by atoms with E-state index in [-0.39, 0.29) is 13.0 Å². The van der Waals surface area contributed by atoms with Gasteiger partial charge in [-0.05, 0) is 13.0 Å². The molecule has 0 aliphatic carbocycles. The van der Waals surface area contributed by atoms with E-state index in [1.54, 1.807) is 0 Å². The lowest BCUT2D eigenvalue weighted by Gasteiger charge is -2.28. The molecule has 0 atom stereocenters. The van der Waals surface area contributed by atoms with E-state index in [0.717, 1.165) is 0 Å². The molecule has 0 radical (unpaired) electrons. The third kappa shape index (κ3) is 7.08. The molecule has 112 valence electrons. The fourth-order valence-electron chi connectivity index (χ4n) is 0.800. The van der Waals surface area contributed by atoms with Crippen LogP contribution >= 0.6 is 23.4 Å². The number of rotatable bonds is 5. The van der Waals surface area contributed by atoms with Crippen LogP contribution < -0.4 is 5.73 Å². The molecule has 0 spiro atoms. The Morgan fingerprint density at radius 2 is 1.33 bits per heavy atom. The van der Waals surface area contributed by atoms with Crippen molar-refractivity contribution in [3.05, 3.63) is 0 Å². The van der Waals surface area contributed by atoms with E-state index in [4.69, 9.17) is 39.7 Å². The molecule has 0 aliphatic heterocycles. The highest BCUT2D eigenvalue weighted by Gasteiger charge is 2.58. The molecule has 0 saturated heterocycles. The summed E-state index contributed by atoms with van der Waals surface area (Å²) in [5.41, 5.74) is 5.01. The van der Waals surface area contributed by atoms with Crippen LogP contribution in [0.3, 0.4) is 0 Å². The summed E-state index contributed by atoms with van der Waals surface area (Å²) in [6, 6.07) is 0. The van der Waals surface area contributed by atoms with E-state index in [1.807, 2.05) is 0 Å². The molecule has 0 aromatic carbocycles. The number of aliphatic hydroxyl groups is 1. The summed E-state index contributed by atoms with van der Waals surface area (Å²) < 4.78 is 30.2. The molecule has 11 nitrogen and oxygen atoms in total. The maximum atomic E-state index is 10.7. The van der Waals surface area contributed by atoms with Crippen LogP contribution in [0.5, 0.6) is 0 Å². The first kappa shape index (κ1) is 20.7. The molecule has 0 saturated carbocycles. The zero-order valence-corrected chi connectivity index (χ0v) is 11.7. The predicted octanol–water partition coefficient (Wildman–Crippen LogP) is -1.91. The van der Waals surface area contributed by atoms with Gasteiger partial charge in [-0.25, -0.2) is 0 Å². The van der Waals surface area contributed by atoms with E-state index < -0.39 is 35.0 Å². The highest BCUT2D eigenvalue weighted by atomic mass is 31.2. The summed E-state index contributed by atoms with van der Waals surface area (Å²) in [6.45, 7) is -0.0394. The average Bonchev–Trinajstić information content (AvgIpc) is 2.09. The smallest absolute Gasteiger partial charge is 0.368 e. The summed E-state index contributed by atoms with van der Waals surface area (Å²) >= 11 is 0. The topological polar surface area (TPSA) is 219 Å². The van der Waals surface area contributed by atoms with E-state index in [0.29, 0.717) is 0 Å². The van der Waals surface area contributed by atoms with Crippen LogP contribution in [0.1, 0.15) is 12.8 Å². The Kier molecular flexibility index (Phi) is 9.01. The summed E-state index contributed by atoms with van der Waals surface area (Å²) in [5.74, 6) is 0. The Morgan fingerprint density at radius 3 is 1.50 bits per heavy atom. The van der Waals surface area contributed by atoms with Crippen LogP contribution in [-0.2, 0) is 13.7 Å². The Bertz CT molecular complexity index is 332. The van der Waals surface area contributed by atoms with E-state index in [9.17, 15) is 14.2 Å². The molecule has 0 aliphatic rings. The lowest BCUT2D eigenvalue weighted by molar-refractivity contribution is 0.121. The van der Waals surface area contributed by atoms with Crippen molar-refractivity contribution in [2.75, 3.05) is 6.54 Å². The minimum absolute atomic E-state index is 0.0394. The van der Waals surface area contributed by atoms with Crippen molar-refractivity contribution in [3.8, 4) is 0 Å². The SMILES string of the molecule is NCCCC(O)(P(=O)(O)O)P(=O)(O)O.O=[PH](O)O. The fourth-order valence-corrected chi connectivity index (χ4v) is 3.06. The van der Waals surface area contributed by atoms with Crippen molar-refractivity contribution in [2.24, 2.45) is 5.73 Å². The first-order valence-electron chi connectivity index (χ1n) is 4.25. The summed E-state index contributed by atoms with van der Waals surface area (Å²) in [6.07, 6.45) is -0.856. The minimum atomic E-state index is -5.30. The van der Waals surface area contributed by atoms with Gasteiger partial charge in [0.2, 0.25) is 0 Å².